The maximum Gasteiger partial charge on any atom is 0.251 e. The summed E-state index contributed by atoms with van der Waals surface area (Å²) in [7, 11) is 5.33. The third-order valence-corrected chi connectivity index (χ3v) is 7.41. The van der Waals surface area contributed by atoms with E-state index >= 15 is 0 Å². The van der Waals surface area contributed by atoms with Crippen LogP contribution in [0.25, 0.3) is 0 Å². The molecule has 0 unspecified atom stereocenters. The monoisotopic (exact) mass is 536 g/mol. The van der Waals surface area contributed by atoms with Gasteiger partial charge < -0.3 is 24.4 Å². The number of aryl methyl sites for hydroxylation is 1. The van der Waals surface area contributed by atoms with E-state index in [1.165, 1.54) is 5.56 Å². The van der Waals surface area contributed by atoms with Gasteiger partial charge in [-0.05, 0) is 61.6 Å². The molecule has 1 fully saturated rings. The van der Waals surface area contributed by atoms with E-state index in [9.17, 15) is 4.79 Å². The summed E-state index contributed by atoms with van der Waals surface area (Å²) >= 11 is 1.59. The van der Waals surface area contributed by atoms with Gasteiger partial charge in [0.05, 0.1) is 20.3 Å². The summed E-state index contributed by atoms with van der Waals surface area (Å²) in [5.41, 5.74) is 3.86. The second-order valence-electron chi connectivity index (χ2n) is 9.34. The molecule has 202 valence electrons. The van der Waals surface area contributed by atoms with Gasteiger partial charge in [-0.25, -0.2) is 9.97 Å². The average Bonchev–Trinajstić information content (AvgIpc) is 3.47. The van der Waals surface area contributed by atoms with Gasteiger partial charge in [0, 0.05) is 49.8 Å². The Kier molecular flexibility index (Phi) is 9.84. The summed E-state index contributed by atoms with van der Waals surface area (Å²) in [6.07, 6.45) is 3.05. The lowest BCUT2D eigenvalue weighted by molar-refractivity contribution is 0.0858. The van der Waals surface area contributed by atoms with Crippen LogP contribution in [0.1, 0.15) is 40.0 Å². The second-order valence-corrected chi connectivity index (χ2v) is 10.3. The molecule has 38 heavy (non-hydrogen) atoms. The summed E-state index contributed by atoms with van der Waals surface area (Å²) in [5.74, 6) is 3.00. The van der Waals surface area contributed by atoms with Gasteiger partial charge >= 0.3 is 0 Å². The lowest BCUT2D eigenvalue weighted by Gasteiger charge is -2.19. The molecule has 1 N–H and O–H groups in total. The zero-order chi connectivity index (χ0) is 26.9. The Hall–Kier alpha value is -3.30. The Morgan fingerprint density at radius 2 is 1.84 bits per heavy atom. The van der Waals surface area contributed by atoms with E-state index in [-0.39, 0.29) is 12.0 Å². The molecule has 1 aliphatic heterocycles. The first kappa shape index (κ1) is 27.7. The topological polar surface area (TPSA) is 85.8 Å². The Labute approximate surface area is 229 Å². The third kappa shape index (κ3) is 7.61. The summed E-state index contributed by atoms with van der Waals surface area (Å²) < 4.78 is 16.3. The number of carbonyl (C=O) groups excluding carboxylic acids is 1. The Balaban J connectivity index is 1.30. The summed E-state index contributed by atoms with van der Waals surface area (Å²) in [5, 5.41) is 3.70. The number of aromatic nitrogens is 2. The molecule has 2 heterocycles. The fourth-order valence-electron chi connectivity index (χ4n) is 4.25. The van der Waals surface area contributed by atoms with Crippen LogP contribution in [0, 0.1) is 6.92 Å². The number of rotatable bonds is 12. The molecule has 0 bridgehead atoms. The summed E-state index contributed by atoms with van der Waals surface area (Å²) in [6, 6.07) is 15.7. The predicted octanol–water partition coefficient (Wildman–Crippen LogP) is 4.68. The van der Waals surface area contributed by atoms with Crippen molar-refractivity contribution in [3.63, 3.8) is 0 Å². The largest absolute Gasteiger partial charge is 0.493 e. The van der Waals surface area contributed by atoms with Gasteiger partial charge in [-0.1, -0.05) is 30.0 Å². The number of amides is 1. The molecule has 4 rings (SSSR count). The third-order valence-electron chi connectivity index (χ3n) is 6.49. The number of methoxy groups -OCH3 is 2. The van der Waals surface area contributed by atoms with Gasteiger partial charge in [0.15, 0.2) is 16.7 Å². The number of hydrogen-bond donors (Lipinski definition) is 1. The zero-order valence-electron chi connectivity index (χ0n) is 22.5. The SMILES string of the molecule is COc1ccc(CCN(C)c2cc(C)nc(SCc3ccc(C(=O)NC[C@@H]4CCCO4)cc3)n2)cc1OC. The molecule has 0 radical (unpaired) electrons. The van der Waals surface area contributed by atoms with Crippen LogP contribution in [0.5, 0.6) is 11.5 Å². The highest BCUT2D eigenvalue weighted by Gasteiger charge is 2.17. The summed E-state index contributed by atoms with van der Waals surface area (Å²) in [6.45, 7) is 4.13. The highest BCUT2D eigenvalue weighted by atomic mass is 32.2. The van der Waals surface area contributed by atoms with Crippen LogP contribution in [0.15, 0.2) is 53.7 Å². The van der Waals surface area contributed by atoms with Crippen molar-refractivity contribution in [1.29, 1.82) is 0 Å². The van der Waals surface area contributed by atoms with E-state index in [0.717, 1.165) is 71.9 Å². The van der Waals surface area contributed by atoms with E-state index in [2.05, 4.69) is 21.3 Å². The number of likely N-dealkylation sites (N-methyl/N-ethyl adjacent to an activating group) is 1. The van der Waals surface area contributed by atoms with Crippen LogP contribution in [-0.4, -0.2) is 62.9 Å². The molecule has 9 heteroatoms. The minimum Gasteiger partial charge on any atom is -0.493 e. The second kappa shape index (κ2) is 13.5. The van der Waals surface area contributed by atoms with Crippen LogP contribution < -0.4 is 19.7 Å². The first-order chi connectivity index (χ1) is 18.4. The van der Waals surface area contributed by atoms with Crippen LogP contribution in [-0.2, 0) is 16.9 Å². The Bertz CT molecular complexity index is 1220. The number of nitrogens with zero attached hydrogens (tertiary/aromatic N) is 3. The molecule has 3 aromatic rings. The first-order valence-corrected chi connectivity index (χ1v) is 13.8. The maximum absolute atomic E-state index is 12.4. The molecule has 0 aliphatic carbocycles. The van der Waals surface area contributed by atoms with Gasteiger partial charge in [0.2, 0.25) is 0 Å². The lowest BCUT2D eigenvalue weighted by Crippen LogP contribution is -2.31. The quantitative estimate of drug-likeness (QED) is 0.264. The Morgan fingerprint density at radius 3 is 2.55 bits per heavy atom. The fraction of sp³-hybridized carbons (Fsp3) is 0.414. The van der Waals surface area contributed by atoms with E-state index in [4.69, 9.17) is 19.2 Å². The Morgan fingerprint density at radius 1 is 1.08 bits per heavy atom. The molecule has 1 amide bonds. The minimum atomic E-state index is -0.0671. The van der Waals surface area contributed by atoms with Gasteiger partial charge in [-0.3, -0.25) is 4.79 Å². The smallest absolute Gasteiger partial charge is 0.251 e. The highest BCUT2D eigenvalue weighted by Crippen LogP contribution is 2.28. The number of benzene rings is 2. The van der Waals surface area contributed by atoms with E-state index in [0.29, 0.717) is 12.1 Å². The highest BCUT2D eigenvalue weighted by molar-refractivity contribution is 7.98. The number of ether oxygens (including phenoxy) is 3. The molecule has 8 nitrogen and oxygen atoms in total. The van der Waals surface area contributed by atoms with Crippen molar-refractivity contribution in [3.8, 4) is 11.5 Å². The summed E-state index contributed by atoms with van der Waals surface area (Å²) in [4.78, 5) is 24.0. The van der Waals surface area contributed by atoms with Gasteiger partial charge in [-0.2, -0.15) is 0 Å². The molecule has 1 atom stereocenters. The number of thioether (sulfide) groups is 1. The van der Waals surface area contributed by atoms with Crippen molar-refractivity contribution < 1.29 is 19.0 Å². The number of anilines is 1. The standard InChI is InChI=1S/C29H36N4O4S/c1-20-16-27(33(2)14-13-21-9-12-25(35-3)26(17-21)36-4)32-29(31-20)38-19-22-7-10-23(11-8-22)28(34)30-18-24-6-5-15-37-24/h7-12,16-17,24H,5-6,13-15,18-19H2,1-4H3,(H,30,34)/t24-/m0/s1. The van der Waals surface area contributed by atoms with Gasteiger partial charge in [0.1, 0.15) is 5.82 Å². The number of carbonyl (C=O) groups is 1. The lowest BCUT2D eigenvalue weighted by atomic mass is 10.1. The molecule has 0 saturated carbocycles. The molecular weight excluding hydrogens is 500 g/mol. The molecular formula is C29H36N4O4S. The molecule has 0 spiro atoms. The predicted molar refractivity (Wildman–Crippen MR) is 151 cm³/mol. The maximum atomic E-state index is 12.4. The average molecular weight is 537 g/mol. The van der Waals surface area contributed by atoms with Crippen LogP contribution in [0.2, 0.25) is 0 Å². The van der Waals surface area contributed by atoms with Gasteiger partial charge in [-0.15, -0.1) is 0 Å². The number of nitrogens with one attached hydrogen (secondary N) is 1. The zero-order valence-corrected chi connectivity index (χ0v) is 23.3. The molecule has 2 aromatic carbocycles. The van der Waals surface area contributed by atoms with Crippen LogP contribution >= 0.6 is 11.8 Å². The van der Waals surface area contributed by atoms with Crippen LogP contribution in [0.3, 0.4) is 0 Å². The fourth-order valence-corrected chi connectivity index (χ4v) is 5.10. The van der Waals surface area contributed by atoms with Crippen molar-refractivity contribution >= 4 is 23.5 Å². The van der Waals surface area contributed by atoms with Crippen molar-refractivity contribution in [3.05, 3.63) is 70.9 Å². The first-order valence-electron chi connectivity index (χ1n) is 12.8. The van der Waals surface area contributed by atoms with E-state index in [1.54, 1.807) is 26.0 Å². The van der Waals surface area contributed by atoms with Crippen molar-refractivity contribution in [1.82, 2.24) is 15.3 Å². The van der Waals surface area contributed by atoms with Crippen LogP contribution in [0.4, 0.5) is 5.82 Å². The molecule has 1 saturated heterocycles. The molecule has 1 aliphatic rings. The van der Waals surface area contributed by atoms with E-state index in [1.807, 2.05) is 56.4 Å². The van der Waals surface area contributed by atoms with Crippen molar-refractivity contribution in [2.45, 2.75) is 43.2 Å². The normalized spacial score (nSPS) is 14.8. The van der Waals surface area contributed by atoms with Crippen molar-refractivity contribution in [2.24, 2.45) is 0 Å². The molecule has 1 aromatic heterocycles. The number of hydrogen-bond acceptors (Lipinski definition) is 8. The van der Waals surface area contributed by atoms with E-state index < -0.39 is 0 Å². The van der Waals surface area contributed by atoms with Crippen molar-refractivity contribution in [2.75, 3.05) is 45.9 Å². The van der Waals surface area contributed by atoms with Gasteiger partial charge in [0.25, 0.3) is 5.91 Å². The minimum absolute atomic E-state index is 0.0671.